The van der Waals surface area contributed by atoms with E-state index in [0.29, 0.717) is 24.5 Å². The van der Waals surface area contributed by atoms with Crippen molar-refractivity contribution in [3.63, 3.8) is 0 Å². The number of nitrogen functional groups attached to an aromatic ring is 1. The highest BCUT2D eigenvalue weighted by atomic mass is 16.5. The SMILES string of the molecule is CCC(CC)N(CCOC)c1n[nH]c(N)n1. The van der Waals surface area contributed by atoms with Crippen molar-refractivity contribution in [3.8, 4) is 0 Å². The van der Waals surface area contributed by atoms with Gasteiger partial charge in [-0.1, -0.05) is 13.8 Å². The van der Waals surface area contributed by atoms with Gasteiger partial charge in [0.1, 0.15) is 0 Å². The first-order chi connectivity index (χ1) is 7.72. The summed E-state index contributed by atoms with van der Waals surface area (Å²) in [5.41, 5.74) is 5.54. The van der Waals surface area contributed by atoms with Crippen LogP contribution in [0.2, 0.25) is 0 Å². The van der Waals surface area contributed by atoms with Crippen LogP contribution in [0.25, 0.3) is 0 Å². The largest absolute Gasteiger partial charge is 0.383 e. The maximum atomic E-state index is 5.54. The Labute approximate surface area is 96.2 Å². The lowest BCUT2D eigenvalue weighted by Crippen LogP contribution is -2.37. The minimum absolute atomic E-state index is 0.350. The first kappa shape index (κ1) is 12.8. The Morgan fingerprint density at radius 2 is 2.12 bits per heavy atom. The molecule has 92 valence electrons. The molecule has 1 aromatic rings. The standard InChI is InChI=1S/C10H21N5O/c1-4-8(5-2)15(6-7-16-3)10-12-9(11)13-14-10/h8H,4-7H2,1-3H3,(H3,11,12,13,14). The lowest BCUT2D eigenvalue weighted by molar-refractivity contribution is 0.202. The highest BCUT2D eigenvalue weighted by Gasteiger charge is 2.18. The van der Waals surface area contributed by atoms with E-state index < -0.39 is 0 Å². The highest BCUT2D eigenvalue weighted by molar-refractivity contribution is 5.35. The fourth-order valence-corrected chi connectivity index (χ4v) is 1.76. The van der Waals surface area contributed by atoms with Crippen molar-refractivity contribution in [1.82, 2.24) is 15.2 Å². The van der Waals surface area contributed by atoms with E-state index in [4.69, 9.17) is 10.5 Å². The maximum absolute atomic E-state index is 5.54. The maximum Gasteiger partial charge on any atom is 0.246 e. The van der Waals surface area contributed by atoms with Gasteiger partial charge in [-0.15, -0.1) is 5.10 Å². The van der Waals surface area contributed by atoms with E-state index >= 15 is 0 Å². The van der Waals surface area contributed by atoms with Crippen LogP contribution in [0.5, 0.6) is 0 Å². The van der Waals surface area contributed by atoms with Crippen molar-refractivity contribution in [2.45, 2.75) is 32.7 Å². The Bertz CT molecular complexity index is 297. The summed E-state index contributed by atoms with van der Waals surface area (Å²) in [6, 6.07) is 0.422. The minimum Gasteiger partial charge on any atom is -0.383 e. The van der Waals surface area contributed by atoms with Crippen LogP contribution in [0.1, 0.15) is 26.7 Å². The first-order valence-corrected chi connectivity index (χ1v) is 5.66. The molecule has 3 N–H and O–H groups in total. The lowest BCUT2D eigenvalue weighted by Gasteiger charge is -2.29. The van der Waals surface area contributed by atoms with E-state index in [1.54, 1.807) is 7.11 Å². The Morgan fingerprint density at radius 1 is 1.44 bits per heavy atom. The number of aromatic nitrogens is 3. The molecule has 0 saturated carbocycles. The third-order valence-electron chi connectivity index (χ3n) is 2.67. The topological polar surface area (TPSA) is 80.1 Å². The number of H-pyrrole nitrogens is 1. The summed E-state index contributed by atoms with van der Waals surface area (Å²) in [5, 5.41) is 6.76. The van der Waals surface area contributed by atoms with Gasteiger partial charge in [0.15, 0.2) is 0 Å². The Balaban J connectivity index is 2.77. The molecule has 0 bridgehead atoms. The molecule has 0 radical (unpaired) electrons. The molecule has 0 aliphatic heterocycles. The Morgan fingerprint density at radius 3 is 2.56 bits per heavy atom. The molecule has 0 spiro atoms. The molecule has 1 rings (SSSR count). The second kappa shape index (κ2) is 6.32. The number of rotatable bonds is 7. The van der Waals surface area contributed by atoms with Gasteiger partial charge in [0, 0.05) is 19.7 Å². The average molecular weight is 227 g/mol. The summed E-state index contributed by atoms with van der Waals surface area (Å²) < 4.78 is 5.10. The number of nitrogens with two attached hydrogens (primary N) is 1. The molecule has 0 aromatic carbocycles. The van der Waals surface area contributed by atoms with Gasteiger partial charge >= 0.3 is 0 Å². The molecule has 0 amide bonds. The number of nitrogens with one attached hydrogen (secondary N) is 1. The summed E-state index contributed by atoms with van der Waals surface area (Å²) >= 11 is 0. The minimum atomic E-state index is 0.350. The molecule has 0 saturated heterocycles. The Kier molecular flexibility index (Phi) is 5.04. The van der Waals surface area contributed by atoms with Crippen molar-refractivity contribution in [3.05, 3.63) is 0 Å². The van der Waals surface area contributed by atoms with Crippen LogP contribution in [0.4, 0.5) is 11.9 Å². The number of anilines is 2. The number of nitrogens with zero attached hydrogens (tertiary/aromatic N) is 3. The predicted molar refractivity (Wildman–Crippen MR) is 64.4 cm³/mol. The highest BCUT2D eigenvalue weighted by Crippen LogP contribution is 2.16. The van der Waals surface area contributed by atoms with E-state index in [-0.39, 0.29) is 0 Å². The van der Waals surface area contributed by atoms with Crippen molar-refractivity contribution >= 4 is 11.9 Å². The number of hydrogen-bond acceptors (Lipinski definition) is 5. The van der Waals surface area contributed by atoms with Crippen LogP contribution in [0.3, 0.4) is 0 Å². The van der Waals surface area contributed by atoms with Crippen LogP contribution in [-0.4, -0.2) is 41.5 Å². The van der Waals surface area contributed by atoms with Gasteiger partial charge < -0.3 is 15.4 Å². The van der Waals surface area contributed by atoms with Crippen molar-refractivity contribution in [2.75, 3.05) is 30.9 Å². The van der Waals surface area contributed by atoms with Crippen LogP contribution >= 0.6 is 0 Å². The monoisotopic (exact) mass is 227 g/mol. The van der Waals surface area contributed by atoms with Gasteiger partial charge in [-0.25, -0.2) is 5.10 Å². The van der Waals surface area contributed by atoms with Gasteiger partial charge in [0.2, 0.25) is 11.9 Å². The van der Waals surface area contributed by atoms with Crippen molar-refractivity contribution in [1.29, 1.82) is 0 Å². The summed E-state index contributed by atoms with van der Waals surface area (Å²) in [4.78, 5) is 6.30. The van der Waals surface area contributed by atoms with Crippen LogP contribution in [-0.2, 0) is 4.74 Å². The molecule has 0 atom stereocenters. The first-order valence-electron chi connectivity index (χ1n) is 5.66. The van der Waals surface area contributed by atoms with E-state index in [1.807, 2.05) is 0 Å². The summed E-state index contributed by atoms with van der Waals surface area (Å²) in [6.07, 6.45) is 2.10. The molecule has 6 nitrogen and oxygen atoms in total. The predicted octanol–water partition coefficient (Wildman–Crippen LogP) is 1.03. The molecule has 16 heavy (non-hydrogen) atoms. The third kappa shape index (κ3) is 3.10. The van der Waals surface area contributed by atoms with Gasteiger partial charge in [0.05, 0.1) is 6.61 Å². The van der Waals surface area contributed by atoms with Gasteiger partial charge in [-0.2, -0.15) is 4.98 Å². The fourth-order valence-electron chi connectivity index (χ4n) is 1.76. The lowest BCUT2D eigenvalue weighted by atomic mass is 10.1. The summed E-state index contributed by atoms with van der Waals surface area (Å²) in [5.74, 6) is 1.01. The Hall–Kier alpha value is -1.30. The molecule has 0 unspecified atom stereocenters. The fraction of sp³-hybridized carbons (Fsp3) is 0.800. The zero-order chi connectivity index (χ0) is 12.0. The molecule has 6 heteroatoms. The molecular formula is C10H21N5O. The summed E-state index contributed by atoms with van der Waals surface area (Å²) in [7, 11) is 1.69. The molecular weight excluding hydrogens is 206 g/mol. The van der Waals surface area contributed by atoms with Gasteiger partial charge in [0.25, 0.3) is 0 Å². The van der Waals surface area contributed by atoms with Gasteiger partial charge in [-0.3, -0.25) is 0 Å². The van der Waals surface area contributed by atoms with Crippen molar-refractivity contribution < 1.29 is 4.74 Å². The normalized spacial score (nSPS) is 11.0. The molecule has 0 aliphatic carbocycles. The van der Waals surface area contributed by atoms with Gasteiger partial charge in [-0.05, 0) is 12.8 Å². The second-order valence-corrected chi connectivity index (χ2v) is 3.68. The quantitative estimate of drug-likeness (QED) is 0.727. The number of aromatic amines is 1. The van der Waals surface area contributed by atoms with E-state index in [2.05, 4.69) is 33.9 Å². The molecule has 1 heterocycles. The third-order valence-corrected chi connectivity index (χ3v) is 2.67. The average Bonchev–Trinajstić information content (AvgIpc) is 2.71. The smallest absolute Gasteiger partial charge is 0.246 e. The molecule has 0 aliphatic rings. The molecule has 0 fully saturated rings. The number of hydrogen-bond donors (Lipinski definition) is 2. The summed E-state index contributed by atoms with van der Waals surface area (Å²) in [6.45, 7) is 5.75. The zero-order valence-electron chi connectivity index (χ0n) is 10.2. The van der Waals surface area contributed by atoms with E-state index in [1.165, 1.54) is 0 Å². The van der Waals surface area contributed by atoms with Crippen LogP contribution < -0.4 is 10.6 Å². The van der Waals surface area contributed by atoms with Crippen LogP contribution in [0.15, 0.2) is 0 Å². The zero-order valence-corrected chi connectivity index (χ0v) is 10.2. The molecule has 1 aromatic heterocycles. The second-order valence-electron chi connectivity index (χ2n) is 3.68. The van der Waals surface area contributed by atoms with Crippen LogP contribution in [0, 0.1) is 0 Å². The number of ether oxygens (including phenoxy) is 1. The van der Waals surface area contributed by atoms with E-state index in [9.17, 15) is 0 Å². The number of methoxy groups -OCH3 is 1. The van der Waals surface area contributed by atoms with Crippen molar-refractivity contribution in [2.24, 2.45) is 0 Å². The van der Waals surface area contributed by atoms with E-state index in [0.717, 1.165) is 19.4 Å².